The van der Waals surface area contributed by atoms with Crippen molar-refractivity contribution in [3.8, 4) is 0 Å². The summed E-state index contributed by atoms with van der Waals surface area (Å²) >= 11 is 0. The summed E-state index contributed by atoms with van der Waals surface area (Å²) < 4.78 is 28.5. The maximum Gasteiger partial charge on any atom is 0.243 e. The second-order valence-corrected chi connectivity index (χ2v) is 10.4. The average molecular weight is 442 g/mol. The largest absolute Gasteiger partial charge is 0.336 e. The molecule has 0 spiro atoms. The first-order valence-electron chi connectivity index (χ1n) is 11.1. The van der Waals surface area contributed by atoms with Gasteiger partial charge in [0.15, 0.2) is 0 Å². The Hall–Kier alpha value is -2.22. The molecule has 7 heteroatoms. The van der Waals surface area contributed by atoms with Crippen LogP contribution in [0.2, 0.25) is 0 Å². The fourth-order valence-electron chi connectivity index (χ4n) is 4.67. The molecule has 1 unspecified atom stereocenters. The highest BCUT2D eigenvalue weighted by Crippen LogP contribution is 2.25. The summed E-state index contributed by atoms with van der Waals surface area (Å²) in [6, 6.07) is 15.0. The van der Waals surface area contributed by atoms with E-state index >= 15 is 0 Å². The number of piperazine rings is 1. The molecule has 2 saturated heterocycles. The van der Waals surface area contributed by atoms with Gasteiger partial charge < -0.3 is 4.90 Å². The van der Waals surface area contributed by atoms with Crippen molar-refractivity contribution in [1.29, 1.82) is 0 Å². The molecule has 1 atom stereocenters. The van der Waals surface area contributed by atoms with Crippen LogP contribution in [0.5, 0.6) is 0 Å². The highest BCUT2D eigenvalue weighted by molar-refractivity contribution is 7.89. The summed E-state index contributed by atoms with van der Waals surface area (Å²) in [5, 5.41) is 0. The van der Waals surface area contributed by atoms with Gasteiger partial charge in [-0.05, 0) is 37.0 Å². The number of carbonyl (C=O) groups excluding carboxylic acids is 1. The fourth-order valence-corrected chi connectivity index (χ4v) is 6.45. The molecule has 0 bridgehead atoms. The van der Waals surface area contributed by atoms with E-state index in [2.05, 4.69) is 11.0 Å². The van der Waals surface area contributed by atoms with Crippen LogP contribution in [0.3, 0.4) is 0 Å². The van der Waals surface area contributed by atoms with Crippen LogP contribution in [0.1, 0.15) is 30.0 Å². The van der Waals surface area contributed by atoms with Gasteiger partial charge in [-0.15, -0.1) is 0 Å². The number of aryl methyl sites for hydroxylation is 2. The normalized spacial score (nSPS) is 21.0. The van der Waals surface area contributed by atoms with Crippen molar-refractivity contribution in [2.45, 2.75) is 44.2 Å². The number of rotatable bonds is 5. The molecule has 0 saturated carbocycles. The van der Waals surface area contributed by atoms with Crippen LogP contribution in [-0.4, -0.2) is 67.2 Å². The van der Waals surface area contributed by atoms with Gasteiger partial charge in [0.05, 0.1) is 4.90 Å². The molecule has 2 aliphatic rings. The summed E-state index contributed by atoms with van der Waals surface area (Å²) in [4.78, 5) is 17.8. The molecule has 0 aliphatic carbocycles. The molecule has 2 heterocycles. The fraction of sp³-hybridized carbons (Fsp3) is 0.458. The molecular formula is C24H31N3O3S. The van der Waals surface area contributed by atoms with Crippen molar-refractivity contribution in [2.75, 3.05) is 32.7 Å². The maximum atomic E-state index is 13.5. The number of carbonyl (C=O) groups is 1. The van der Waals surface area contributed by atoms with Gasteiger partial charge in [0.1, 0.15) is 6.04 Å². The third kappa shape index (κ3) is 4.54. The first-order valence-corrected chi connectivity index (χ1v) is 12.5. The van der Waals surface area contributed by atoms with E-state index in [1.54, 1.807) is 12.1 Å². The van der Waals surface area contributed by atoms with E-state index in [9.17, 15) is 13.2 Å². The Morgan fingerprint density at radius 3 is 2.58 bits per heavy atom. The Morgan fingerprint density at radius 1 is 1.00 bits per heavy atom. The number of amides is 1. The molecule has 4 rings (SSSR count). The van der Waals surface area contributed by atoms with E-state index in [0.29, 0.717) is 31.0 Å². The lowest BCUT2D eigenvalue weighted by molar-refractivity contribution is -0.142. The van der Waals surface area contributed by atoms with E-state index in [-0.39, 0.29) is 12.5 Å². The second-order valence-electron chi connectivity index (χ2n) is 8.48. The minimum absolute atomic E-state index is 0.0265. The minimum Gasteiger partial charge on any atom is -0.336 e. The van der Waals surface area contributed by atoms with E-state index in [4.69, 9.17) is 0 Å². The van der Waals surface area contributed by atoms with Crippen molar-refractivity contribution in [2.24, 2.45) is 0 Å². The molecule has 2 aliphatic heterocycles. The first kappa shape index (κ1) is 22.0. The average Bonchev–Trinajstić information content (AvgIpc) is 2.99. The zero-order valence-electron chi connectivity index (χ0n) is 18.3. The Balaban J connectivity index is 1.56. The highest BCUT2D eigenvalue weighted by Gasteiger charge is 2.40. The van der Waals surface area contributed by atoms with Crippen molar-refractivity contribution in [3.05, 3.63) is 65.2 Å². The van der Waals surface area contributed by atoms with Crippen LogP contribution in [0, 0.1) is 6.92 Å². The molecule has 0 N–H and O–H groups in total. The van der Waals surface area contributed by atoms with Crippen LogP contribution >= 0.6 is 0 Å². The Morgan fingerprint density at radius 2 is 1.81 bits per heavy atom. The lowest BCUT2D eigenvalue weighted by Crippen LogP contribution is -2.59. The molecule has 2 fully saturated rings. The highest BCUT2D eigenvalue weighted by atomic mass is 32.2. The molecule has 0 radical (unpaired) electrons. The number of benzene rings is 2. The van der Waals surface area contributed by atoms with Gasteiger partial charge in [-0.1, -0.05) is 55.0 Å². The Bertz CT molecular complexity index is 1050. The van der Waals surface area contributed by atoms with Gasteiger partial charge >= 0.3 is 0 Å². The van der Waals surface area contributed by atoms with Crippen LogP contribution in [-0.2, 0) is 27.8 Å². The smallest absolute Gasteiger partial charge is 0.243 e. The Labute approximate surface area is 185 Å². The SMILES string of the molecule is CCc1ccccc1S(=O)(=O)N1CCCN2CCN(Cc3cccc(C)c3)C(=O)C2C1. The summed E-state index contributed by atoms with van der Waals surface area (Å²) in [5.41, 5.74) is 3.10. The van der Waals surface area contributed by atoms with Crippen molar-refractivity contribution >= 4 is 15.9 Å². The van der Waals surface area contributed by atoms with E-state index < -0.39 is 16.1 Å². The number of nitrogens with zero attached hydrogens (tertiary/aromatic N) is 3. The minimum atomic E-state index is -3.65. The predicted molar refractivity (Wildman–Crippen MR) is 121 cm³/mol. The zero-order chi connectivity index (χ0) is 22.0. The van der Waals surface area contributed by atoms with Crippen molar-refractivity contribution in [3.63, 3.8) is 0 Å². The predicted octanol–water partition coefficient (Wildman–Crippen LogP) is 2.66. The third-order valence-corrected chi connectivity index (χ3v) is 8.32. The van der Waals surface area contributed by atoms with Crippen LogP contribution in [0.25, 0.3) is 0 Å². The third-order valence-electron chi connectivity index (χ3n) is 6.35. The second kappa shape index (κ2) is 9.10. The van der Waals surface area contributed by atoms with E-state index in [1.165, 1.54) is 9.87 Å². The summed E-state index contributed by atoms with van der Waals surface area (Å²) in [6.07, 6.45) is 1.39. The number of hydrogen-bond donors (Lipinski definition) is 0. The molecular weight excluding hydrogens is 410 g/mol. The van der Waals surface area contributed by atoms with E-state index in [0.717, 1.165) is 30.6 Å². The monoisotopic (exact) mass is 441 g/mol. The standard InChI is InChI=1S/C24H31N3O3S/c1-3-21-10-4-5-11-23(21)31(29,30)27-13-7-12-25-14-15-26(24(28)22(25)18-27)17-20-9-6-8-19(2)16-20/h4-6,8-11,16,22H,3,7,12-15,17-18H2,1-2H3. The van der Waals surface area contributed by atoms with Gasteiger partial charge in [-0.2, -0.15) is 4.31 Å². The van der Waals surface area contributed by atoms with Gasteiger partial charge in [-0.25, -0.2) is 8.42 Å². The van der Waals surface area contributed by atoms with Gasteiger partial charge in [0, 0.05) is 39.3 Å². The molecule has 6 nitrogen and oxygen atoms in total. The summed E-state index contributed by atoms with van der Waals surface area (Å²) in [7, 11) is -3.65. The lowest BCUT2D eigenvalue weighted by Gasteiger charge is -2.40. The van der Waals surface area contributed by atoms with Crippen molar-refractivity contribution in [1.82, 2.24) is 14.1 Å². The van der Waals surface area contributed by atoms with Crippen molar-refractivity contribution < 1.29 is 13.2 Å². The first-order chi connectivity index (χ1) is 14.9. The summed E-state index contributed by atoms with van der Waals surface area (Å²) in [6.45, 7) is 7.43. The topological polar surface area (TPSA) is 60.9 Å². The number of fused-ring (bicyclic) bond motifs is 1. The molecule has 31 heavy (non-hydrogen) atoms. The van der Waals surface area contributed by atoms with Gasteiger partial charge in [0.2, 0.25) is 15.9 Å². The molecule has 1 amide bonds. The van der Waals surface area contributed by atoms with Crippen LogP contribution in [0.15, 0.2) is 53.4 Å². The molecule has 166 valence electrons. The Kier molecular flexibility index (Phi) is 6.46. The van der Waals surface area contributed by atoms with Gasteiger partial charge in [-0.3, -0.25) is 9.69 Å². The number of hydrogen-bond acceptors (Lipinski definition) is 4. The van der Waals surface area contributed by atoms with Crippen LogP contribution < -0.4 is 0 Å². The molecule has 2 aromatic carbocycles. The lowest BCUT2D eigenvalue weighted by atomic mass is 10.1. The quantitative estimate of drug-likeness (QED) is 0.716. The molecule has 2 aromatic rings. The maximum absolute atomic E-state index is 13.5. The van der Waals surface area contributed by atoms with E-state index in [1.807, 2.05) is 49.1 Å². The van der Waals surface area contributed by atoms with Crippen LogP contribution in [0.4, 0.5) is 0 Å². The summed E-state index contributed by atoms with van der Waals surface area (Å²) in [5.74, 6) is 0.0265. The van der Waals surface area contributed by atoms with Gasteiger partial charge in [0.25, 0.3) is 0 Å². The number of sulfonamides is 1. The zero-order valence-corrected chi connectivity index (χ0v) is 19.1. The molecule has 0 aromatic heterocycles.